The van der Waals surface area contributed by atoms with Crippen LogP contribution in [0.15, 0.2) is 40.9 Å². The fraction of sp³-hybridized carbons (Fsp3) is 0.286. The average molecular weight is 447 g/mol. The van der Waals surface area contributed by atoms with Crippen LogP contribution in [0.1, 0.15) is 35.5 Å². The number of nitrogens with zero attached hydrogens (tertiary/aromatic N) is 3. The van der Waals surface area contributed by atoms with Gasteiger partial charge in [-0.15, -0.1) is 0 Å². The number of hydrogen-bond donors (Lipinski definition) is 2. The number of benzene rings is 2. The number of aromatic nitrogens is 2. The molecule has 0 unspecified atom stereocenters. The number of aromatic hydroxyl groups is 1. The molecule has 1 aliphatic rings. The van der Waals surface area contributed by atoms with Gasteiger partial charge in [0.1, 0.15) is 0 Å². The summed E-state index contributed by atoms with van der Waals surface area (Å²) < 4.78 is 5.05. The standard InChI is InChI=1S/C21H20Cl2N4O3/c22-16-10-14(11-17(23)18(16)28)19-25-21(30-26-19)20(29)24-12-13-4-6-15(7-5-13)27-8-2-1-3-9-27/h4-7,10-11,28H,1-3,8-9,12H2,(H,24,29). The molecule has 2 heterocycles. The lowest BCUT2D eigenvalue weighted by atomic mass is 10.1. The number of carbonyl (C=O) groups excluding carboxylic acids is 1. The van der Waals surface area contributed by atoms with Crippen LogP contribution >= 0.6 is 23.2 Å². The van der Waals surface area contributed by atoms with E-state index in [1.165, 1.54) is 37.1 Å². The Morgan fingerprint density at radius 1 is 1.10 bits per heavy atom. The Kier molecular flexibility index (Phi) is 6.11. The Labute approximate surface area is 183 Å². The van der Waals surface area contributed by atoms with Gasteiger partial charge in [0.2, 0.25) is 5.82 Å². The molecule has 30 heavy (non-hydrogen) atoms. The molecular weight excluding hydrogens is 427 g/mol. The van der Waals surface area contributed by atoms with Gasteiger partial charge < -0.3 is 19.8 Å². The van der Waals surface area contributed by atoms with Crippen LogP contribution in [-0.4, -0.2) is 34.2 Å². The van der Waals surface area contributed by atoms with E-state index in [2.05, 4.69) is 32.5 Å². The van der Waals surface area contributed by atoms with Crippen LogP contribution in [0, 0.1) is 0 Å². The molecule has 2 N–H and O–H groups in total. The van der Waals surface area contributed by atoms with Crippen molar-refractivity contribution in [3.63, 3.8) is 0 Å². The molecule has 0 bridgehead atoms. The molecule has 1 fully saturated rings. The van der Waals surface area contributed by atoms with Gasteiger partial charge in [-0.3, -0.25) is 4.79 Å². The number of anilines is 1. The van der Waals surface area contributed by atoms with Gasteiger partial charge in [-0.2, -0.15) is 4.98 Å². The molecule has 0 atom stereocenters. The predicted octanol–water partition coefficient (Wildman–Crippen LogP) is 4.67. The van der Waals surface area contributed by atoms with E-state index in [9.17, 15) is 9.90 Å². The molecule has 9 heteroatoms. The summed E-state index contributed by atoms with van der Waals surface area (Å²) in [4.78, 5) is 18.8. The molecule has 0 radical (unpaired) electrons. The number of hydrogen-bond acceptors (Lipinski definition) is 6. The molecule has 156 valence electrons. The molecule has 1 saturated heterocycles. The minimum Gasteiger partial charge on any atom is -0.505 e. The number of piperidine rings is 1. The first-order valence-corrected chi connectivity index (χ1v) is 10.4. The first-order chi connectivity index (χ1) is 14.5. The number of nitrogens with one attached hydrogen (secondary N) is 1. The van der Waals surface area contributed by atoms with Gasteiger partial charge >= 0.3 is 11.8 Å². The number of rotatable bonds is 5. The van der Waals surface area contributed by atoms with E-state index in [1.54, 1.807) is 0 Å². The quantitative estimate of drug-likeness (QED) is 0.591. The lowest BCUT2D eigenvalue weighted by molar-refractivity contribution is 0.0907. The van der Waals surface area contributed by atoms with E-state index in [0.717, 1.165) is 18.7 Å². The maximum Gasteiger partial charge on any atom is 0.316 e. The molecule has 3 aromatic rings. The highest BCUT2D eigenvalue weighted by atomic mass is 35.5. The Hall–Kier alpha value is -2.77. The van der Waals surface area contributed by atoms with Gasteiger partial charge in [0.25, 0.3) is 0 Å². The number of amides is 1. The molecular formula is C21H20Cl2N4O3. The van der Waals surface area contributed by atoms with Gasteiger partial charge in [-0.1, -0.05) is 40.5 Å². The minimum absolute atomic E-state index is 0.0568. The molecule has 4 rings (SSSR count). The molecule has 1 aliphatic heterocycles. The number of phenolic OH excluding ortho intramolecular Hbond substituents is 1. The molecule has 1 aromatic heterocycles. The third kappa shape index (κ3) is 4.52. The Morgan fingerprint density at radius 2 is 1.77 bits per heavy atom. The second-order valence-corrected chi connectivity index (χ2v) is 7.92. The summed E-state index contributed by atoms with van der Waals surface area (Å²) in [7, 11) is 0. The topological polar surface area (TPSA) is 91.5 Å². The maximum atomic E-state index is 12.4. The maximum absolute atomic E-state index is 12.4. The SMILES string of the molecule is O=C(NCc1ccc(N2CCCCC2)cc1)c1nc(-c2cc(Cl)c(O)c(Cl)c2)no1. The molecule has 0 saturated carbocycles. The van der Waals surface area contributed by atoms with Gasteiger partial charge in [0, 0.05) is 30.9 Å². The van der Waals surface area contributed by atoms with Crippen molar-refractivity contribution in [1.29, 1.82) is 0 Å². The minimum atomic E-state index is -0.482. The number of halogens is 2. The predicted molar refractivity (Wildman–Crippen MR) is 115 cm³/mol. The molecule has 7 nitrogen and oxygen atoms in total. The highest BCUT2D eigenvalue weighted by molar-refractivity contribution is 6.37. The highest BCUT2D eigenvalue weighted by Gasteiger charge is 2.18. The van der Waals surface area contributed by atoms with Gasteiger partial charge in [-0.25, -0.2) is 0 Å². The van der Waals surface area contributed by atoms with E-state index in [1.807, 2.05) is 12.1 Å². The van der Waals surface area contributed by atoms with E-state index in [-0.39, 0.29) is 27.5 Å². The first kappa shape index (κ1) is 20.5. The van der Waals surface area contributed by atoms with Crippen molar-refractivity contribution in [1.82, 2.24) is 15.5 Å². The van der Waals surface area contributed by atoms with Crippen molar-refractivity contribution < 1.29 is 14.4 Å². The summed E-state index contributed by atoms with van der Waals surface area (Å²) in [6.07, 6.45) is 3.75. The average Bonchev–Trinajstić information content (AvgIpc) is 3.27. The van der Waals surface area contributed by atoms with Crippen molar-refractivity contribution in [3.05, 3.63) is 57.9 Å². The summed E-state index contributed by atoms with van der Waals surface area (Å²) in [6, 6.07) is 11.1. The van der Waals surface area contributed by atoms with E-state index < -0.39 is 5.91 Å². The molecule has 1 amide bonds. The molecule has 0 aliphatic carbocycles. The van der Waals surface area contributed by atoms with E-state index >= 15 is 0 Å². The smallest absolute Gasteiger partial charge is 0.316 e. The van der Waals surface area contributed by atoms with Crippen molar-refractivity contribution in [2.75, 3.05) is 18.0 Å². The lowest BCUT2D eigenvalue weighted by Crippen LogP contribution is -2.29. The summed E-state index contributed by atoms with van der Waals surface area (Å²) >= 11 is 11.8. The zero-order valence-corrected chi connectivity index (χ0v) is 17.6. The van der Waals surface area contributed by atoms with Gasteiger partial charge in [0.05, 0.1) is 10.0 Å². The van der Waals surface area contributed by atoms with Crippen LogP contribution in [0.2, 0.25) is 10.0 Å². The summed E-state index contributed by atoms with van der Waals surface area (Å²) in [5, 5.41) is 16.3. The Bertz CT molecular complexity index is 1020. The third-order valence-electron chi connectivity index (χ3n) is 5.01. The van der Waals surface area contributed by atoms with Crippen LogP contribution in [0.25, 0.3) is 11.4 Å². The monoisotopic (exact) mass is 446 g/mol. The number of phenols is 1. The molecule has 2 aromatic carbocycles. The first-order valence-electron chi connectivity index (χ1n) is 9.65. The Balaban J connectivity index is 1.38. The van der Waals surface area contributed by atoms with Crippen LogP contribution in [0.3, 0.4) is 0 Å². The van der Waals surface area contributed by atoms with Crippen LogP contribution in [0.5, 0.6) is 5.75 Å². The van der Waals surface area contributed by atoms with Crippen molar-refractivity contribution in [2.24, 2.45) is 0 Å². The fourth-order valence-electron chi connectivity index (χ4n) is 3.36. The summed E-state index contributed by atoms with van der Waals surface area (Å²) in [5.41, 5.74) is 2.61. The Morgan fingerprint density at radius 3 is 2.43 bits per heavy atom. The molecule has 0 spiro atoms. The third-order valence-corrected chi connectivity index (χ3v) is 5.58. The normalized spacial score (nSPS) is 14.0. The van der Waals surface area contributed by atoms with Crippen molar-refractivity contribution >= 4 is 34.8 Å². The van der Waals surface area contributed by atoms with Crippen LogP contribution < -0.4 is 10.2 Å². The van der Waals surface area contributed by atoms with E-state index in [0.29, 0.717) is 12.1 Å². The fourth-order valence-corrected chi connectivity index (χ4v) is 3.85. The largest absolute Gasteiger partial charge is 0.505 e. The lowest BCUT2D eigenvalue weighted by Gasteiger charge is -2.28. The summed E-state index contributed by atoms with van der Waals surface area (Å²) in [5.74, 6) is -0.732. The van der Waals surface area contributed by atoms with Gasteiger partial charge in [-0.05, 0) is 49.1 Å². The number of carbonyl (C=O) groups is 1. The van der Waals surface area contributed by atoms with E-state index in [4.69, 9.17) is 27.7 Å². The summed E-state index contributed by atoms with van der Waals surface area (Å²) in [6.45, 7) is 2.52. The van der Waals surface area contributed by atoms with Crippen molar-refractivity contribution in [3.8, 4) is 17.1 Å². The van der Waals surface area contributed by atoms with Crippen LogP contribution in [-0.2, 0) is 6.54 Å². The van der Waals surface area contributed by atoms with Crippen LogP contribution in [0.4, 0.5) is 5.69 Å². The zero-order chi connectivity index (χ0) is 21.1. The second-order valence-electron chi connectivity index (χ2n) is 7.11. The highest BCUT2D eigenvalue weighted by Crippen LogP contribution is 2.35. The zero-order valence-electron chi connectivity index (χ0n) is 16.1. The second kappa shape index (κ2) is 8.93. The van der Waals surface area contributed by atoms with Gasteiger partial charge in [0.15, 0.2) is 5.75 Å². The van der Waals surface area contributed by atoms with Crippen molar-refractivity contribution in [2.45, 2.75) is 25.8 Å².